The number of nitrogens with two attached hydrogens (primary N) is 1. The molecule has 2 aromatic carbocycles. The lowest BCUT2D eigenvalue weighted by Gasteiger charge is -2.08. The Hall–Kier alpha value is -2.69. The maximum absolute atomic E-state index is 12.8. The maximum atomic E-state index is 12.8. The first kappa shape index (κ1) is 21.4. The molecule has 0 heterocycles. The predicted octanol–water partition coefficient (Wildman–Crippen LogP) is 2.55. The van der Waals surface area contributed by atoms with Crippen molar-refractivity contribution in [2.45, 2.75) is 11.8 Å². The summed E-state index contributed by atoms with van der Waals surface area (Å²) >= 11 is 5.53. The average Bonchev–Trinajstić information content (AvgIpc) is 2.50. The van der Waals surface area contributed by atoms with Crippen LogP contribution in [-0.4, -0.2) is 24.9 Å². The van der Waals surface area contributed by atoms with Gasteiger partial charge >= 0.3 is 0 Å². The van der Waals surface area contributed by atoms with E-state index in [1.54, 1.807) is 25.1 Å². The van der Waals surface area contributed by atoms with Crippen LogP contribution in [0.4, 0.5) is 10.1 Å². The first-order chi connectivity index (χ1) is 12.0. The van der Waals surface area contributed by atoms with E-state index < -0.39 is 15.9 Å². The molecule has 0 saturated heterocycles. The van der Waals surface area contributed by atoms with Gasteiger partial charge < -0.3 is 11.1 Å². The average molecular weight is 402 g/mol. The van der Waals surface area contributed by atoms with Crippen LogP contribution in [0.2, 0.25) is 5.02 Å². The standard InChI is InChI=1S/C8H9ClFN5.C7H8O3S/c9-5-3-4(1-2-6(5)10)14-8(13)15-7(11)12;1-6-4-2-3-5-7(6)11(8,9)10/h1-3H,(H6,11,12,13,14,15);2-5H,1H3,(H,8,9,10). The third kappa shape index (κ3) is 7.05. The number of nitrogens with one attached hydrogen (secondary N) is 4. The van der Waals surface area contributed by atoms with E-state index in [9.17, 15) is 12.8 Å². The molecule has 0 aliphatic carbocycles. The van der Waals surface area contributed by atoms with Gasteiger partial charge in [0.1, 0.15) is 5.82 Å². The Bertz CT molecular complexity index is 921. The van der Waals surface area contributed by atoms with Crippen LogP contribution in [0.5, 0.6) is 0 Å². The van der Waals surface area contributed by atoms with Gasteiger partial charge in [-0.1, -0.05) is 29.8 Å². The van der Waals surface area contributed by atoms with Crippen molar-refractivity contribution in [3.05, 3.63) is 58.9 Å². The Morgan fingerprint density at radius 3 is 2.31 bits per heavy atom. The highest BCUT2D eigenvalue weighted by atomic mass is 35.5. The van der Waals surface area contributed by atoms with E-state index in [0.29, 0.717) is 11.3 Å². The third-order valence-corrected chi connectivity index (χ3v) is 4.12. The number of aryl methyl sites for hydroxylation is 1. The summed E-state index contributed by atoms with van der Waals surface area (Å²) in [5.74, 6) is -1.08. The van der Waals surface area contributed by atoms with Gasteiger partial charge in [-0.3, -0.25) is 20.7 Å². The quantitative estimate of drug-likeness (QED) is 0.258. The van der Waals surface area contributed by atoms with Crippen LogP contribution in [0.15, 0.2) is 47.4 Å². The molecule has 0 amide bonds. The van der Waals surface area contributed by atoms with E-state index in [0.717, 1.165) is 0 Å². The topological polar surface area (TPSA) is 152 Å². The normalized spacial score (nSPS) is 10.3. The molecule has 0 saturated carbocycles. The van der Waals surface area contributed by atoms with E-state index >= 15 is 0 Å². The molecule has 2 rings (SSSR count). The molecule has 7 N–H and O–H groups in total. The van der Waals surface area contributed by atoms with Gasteiger partial charge in [0.15, 0.2) is 11.9 Å². The Morgan fingerprint density at radius 1 is 1.23 bits per heavy atom. The molecule has 11 heteroatoms. The Morgan fingerprint density at radius 2 is 1.85 bits per heavy atom. The minimum atomic E-state index is -4.03. The molecule has 0 spiro atoms. The largest absolute Gasteiger partial charge is 0.370 e. The fourth-order valence-electron chi connectivity index (χ4n) is 1.73. The van der Waals surface area contributed by atoms with Gasteiger partial charge in [0.05, 0.1) is 9.92 Å². The van der Waals surface area contributed by atoms with Gasteiger partial charge in [-0.15, -0.1) is 0 Å². The predicted molar refractivity (Wildman–Crippen MR) is 98.8 cm³/mol. The van der Waals surface area contributed by atoms with Crippen molar-refractivity contribution in [3.63, 3.8) is 0 Å². The van der Waals surface area contributed by atoms with E-state index in [2.05, 4.69) is 10.6 Å². The van der Waals surface area contributed by atoms with Crippen molar-refractivity contribution < 1.29 is 17.4 Å². The Kier molecular flexibility index (Phi) is 7.50. The summed E-state index contributed by atoms with van der Waals surface area (Å²) < 4.78 is 42.6. The van der Waals surface area contributed by atoms with Crippen LogP contribution in [0.25, 0.3) is 0 Å². The van der Waals surface area contributed by atoms with Crippen LogP contribution in [-0.2, 0) is 10.1 Å². The SMILES string of the molecule is Cc1ccccc1S(=O)(=O)O.N=C(N)NC(=N)Nc1ccc(F)c(Cl)c1. The summed E-state index contributed by atoms with van der Waals surface area (Å²) in [4.78, 5) is -0.0278. The van der Waals surface area contributed by atoms with Gasteiger partial charge in [-0.05, 0) is 36.8 Å². The van der Waals surface area contributed by atoms with Gasteiger partial charge in [0, 0.05) is 5.69 Å². The lowest BCUT2D eigenvalue weighted by molar-refractivity contribution is 0.482. The molecule has 0 bridgehead atoms. The zero-order valence-corrected chi connectivity index (χ0v) is 15.1. The van der Waals surface area contributed by atoms with Crippen LogP contribution >= 0.6 is 11.6 Å². The van der Waals surface area contributed by atoms with Crippen molar-refractivity contribution in [2.75, 3.05) is 5.32 Å². The molecule has 26 heavy (non-hydrogen) atoms. The second-order valence-electron chi connectivity index (χ2n) is 4.91. The van der Waals surface area contributed by atoms with E-state index in [-0.39, 0.29) is 21.8 Å². The minimum Gasteiger partial charge on any atom is -0.370 e. The summed E-state index contributed by atoms with van der Waals surface area (Å²) in [6.45, 7) is 1.63. The Balaban J connectivity index is 0.000000273. The first-order valence-electron chi connectivity index (χ1n) is 6.95. The van der Waals surface area contributed by atoms with Crippen molar-refractivity contribution in [1.82, 2.24) is 5.32 Å². The van der Waals surface area contributed by atoms with Crippen LogP contribution in [0.1, 0.15) is 5.56 Å². The van der Waals surface area contributed by atoms with Crippen molar-refractivity contribution in [3.8, 4) is 0 Å². The van der Waals surface area contributed by atoms with Crippen LogP contribution in [0, 0.1) is 23.6 Å². The molecule has 0 aliphatic rings. The van der Waals surface area contributed by atoms with Gasteiger partial charge in [0.25, 0.3) is 10.1 Å². The zero-order chi connectivity index (χ0) is 19.9. The zero-order valence-electron chi connectivity index (χ0n) is 13.5. The molecule has 0 atom stereocenters. The van der Waals surface area contributed by atoms with Gasteiger partial charge in [-0.25, -0.2) is 4.39 Å². The molecule has 0 aliphatic heterocycles. The number of rotatable bonds is 2. The number of benzene rings is 2. The molecular weight excluding hydrogens is 385 g/mol. The van der Waals surface area contributed by atoms with Crippen molar-refractivity contribution in [2.24, 2.45) is 5.73 Å². The highest BCUT2D eigenvalue weighted by molar-refractivity contribution is 7.85. The van der Waals surface area contributed by atoms with Crippen molar-refractivity contribution in [1.29, 1.82) is 10.8 Å². The molecule has 8 nitrogen and oxygen atoms in total. The number of hydrogen-bond donors (Lipinski definition) is 6. The highest BCUT2D eigenvalue weighted by Crippen LogP contribution is 2.19. The number of guanidine groups is 2. The second-order valence-corrected chi connectivity index (χ2v) is 6.71. The monoisotopic (exact) mass is 401 g/mol. The summed E-state index contributed by atoms with van der Waals surface area (Å²) in [6.07, 6.45) is 0. The van der Waals surface area contributed by atoms with E-state index in [4.69, 9.17) is 32.7 Å². The highest BCUT2D eigenvalue weighted by Gasteiger charge is 2.10. The lowest BCUT2D eigenvalue weighted by Crippen LogP contribution is -2.39. The first-order valence-corrected chi connectivity index (χ1v) is 8.77. The fraction of sp³-hybridized carbons (Fsp3) is 0.0667. The number of hydrogen-bond acceptors (Lipinski definition) is 4. The second kappa shape index (κ2) is 9.13. The third-order valence-electron chi connectivity index (χ3n) is 2.82. The number of halogens is 2. The van der Waals surface area contributed by atoms with Gasteiger partial charge in [0.2, 0.25) is 0 Å². The molecule has 0 aromatic heterocycles. The fourth-order valence-corrected chi connectivity index (χ4v) is 2.64. The molecule has 0 fully saturated rings. The summed E-state index contributed by atoms with van der Waals surface area (Å²) in [5, 5.41) is 18.9. The number of anilines is 1. The molecular formula is C15H17ClFN5O3S. The summed E-state index contributed by atoms with van der Waals surface area (Å²) in [5.41, 5.74) is 5.99. The molecule has 0 unspecified atom stereocenters. The maximum Gasteiger partial charge on any atom is 0.294 e. The van der Waals surface area contributed by atoms with Crippen LogP contribution < -0.4 is 16.4 Å². The van der Waals surface area contributed by atoms with Crippen LogP contribution in [0.3, 0.4) is 0 Å². The van der Waals surface area contributed by atoms with E-state index in [1.165, 1.54) is 24.3 Å². The Labute approximate surface area is 154 Å². The smallest absolute Gasteiger partial charge is 0.294 e. The summed E-state index contributed by atoms with van der Waals surface area (Å²) in [6, 6.07) is 10.2. The molecule has 0 radical (unpaired) electrons. The molecule has 140 valence electrons. The van der Waals surface area contributed by atoms with E-state index in [1.807, 2.05) is 0 Å². The molecule has 2 aromatic rings. The minimum absolute atomic E-state index is 0.0278. The van der Waals surface area contributed by atoms with Gasteiger partial charge in [-0.2, -0.15) is 8.42 Å². The van der Waals surface area contributed by atoms with Crippen molar-refractivity contribution >= 4 is 39.3 Å². The summed E-state index contributed by atoms with van der Waals surface area (Å²) in [7, 11) is -4.03. The lowest BCUT2D eigenvalue weighted by atomic mass is 10.2.